The molecule has 3 rings (SSSR count). The Hall–Kier alpha value is -3.02. The van der Waals surface area contributed by atoms with E-state index in [2.05, 4.69) is 10.3 Å². The number of carbonyl (C=O) groups is 1. The molecule has 3 aromatic rings. The van der Waals surface area contributed by atoms with Crippen LogP contribution in [0.25, 0.3) is 11.1 Å². The molecule has 2 aromatic carbocycles. The van der Waals surface area contributed by atoms with Gasteiger partial charge in [0.1, 0.15) is 5.52 Å². The van der Waals surface area contributed by atoms with E-state index in [1.807, 2.05) is 57.2 Å². The summed E-state index contributed by atoms with van der Waals surface area (Å²) in [5, 5.41) is 2.71. The number of aryl methyl sites for hydroxylation is 1. The van der Waals surface area contributed by atoms with E-state index < -0.39 is 0 Å². The minimum absolute atomic E-state index is 0.133. The van der Waals surface area contributed by atoms with Crippen molar-refractivity contribution in [1.29, 1.82) is 0 Å². The van der Waals surface area contributed by atoms with Crippen molar-refractivity contribution in [3.05, 3.63) is 47.5 Å². The Bertz CT molecular complexity index is 917. The Labute approximate surface area is 152 Å². The highest BCUT2D eigenvalue weighted by molar-refractivity contribution is 5.92. The number of carbonyl (C=O) groups excluding carboxylic acids is 1. The molecule has 0 saturated heterocycles. The lowest BCUT2D eigenvalue weighted by molar-refractivity contribution is -0.115. The first-order chi connectivity index (χ1) is 12.6. The third-order valence-electron chi connectivity index (χ3n) is 3.79. The number of anilines is 1. The van der Waals surface area contributed by atoms with Gasteiger partial charge in [-0.1, -0.05) is 18.2 Å². The molecule has 6 nitrogen and oxygen atoms in total. The molecule has 1 N–H and O–H groups in total. The first-order valence-corrected chi connectivity index (χ1v) is 8.65. The number of benzene rings is 2. The second-order valence-electron chi connectivity index (χ2n) is 5.83. The van der Waals surface area contributed by atoms with E-state index in [-0.39, 0.29) is 18.3 Å². The van der Waals surface area contributed by atoms with Crippen LogP contribution in [0.15, 0.2) is 40.8 Å². The van der Waals surface area contributed by atoms with Gasteiger partial charge in [0, 0.05) is 5.56 Å². The van der Waals surface area contributed by atoms with E-state index in [9.17, 15) is 4.79 Å². The normalized spacial score (nSPS) is 10.7. The lowest BCUT2D eigenvalue weighted by atomic mass is 10.1. The van der Waals surface area contributed by atoms with Gasteiger partial charge in [-0.2, -0.15) is 4.98 Å². The number of nitrogens with zero attached hydrogens (tertiary/aromatic N) is 1. The number of nitrogens with one attached hydrogen (secondary N) is 1. The number of aromatic nitrogens is 1. The molecule has 6 heteroatoms. The highest BCUT2D eigenvalue weighted by atomic mass is 16.5. The van der Waals surface area contributed by atoms with Gasteiger partial charge in [-0.25, -0.2) is 0 Å². The summed E-state index contributed by atoms with van der Waals surface area (Å²) < 4.78 is 16.9. The van der Waals surface area contributed by atoms with E-state index in [1.54, 1.807) is 0 Å². The molecule has 1 aromatic heterocycles. The van der Waals surface area contributed by atoms with Crippen molar-refractivity contribution in [2.24, 2.45) is 0 Å². The monoisotopic (exact) mass is 354 g/mol. The molecule has 0 atom stereocenters. The molecule has 1 amide bonds. The zero-order chi connectivity index (χ0) is 18.5. The number of amides is 1. The fourth-order valence-electron chi connectivity index (χ4n) is 2.70. The number of hydrogen-bond acceptors (Lipinski definition) is 5. The molecule has 0 aliphatic carbocycles. The summed E-state index contributed by atoms with van der Waals surface area (Å²) in [6, 6.07) is 11.4. The van der Waals surface area contributed by atoms with Gasteiger partial charge >= 0.3 is 6.01 Å². The maximum Gasteiger partial charge on any atom is 0.302 e. The topological polar surface area (TPSA) is 73.6 Å². The van der Waals surface area contributed by atoms with Gasteiger partial charge in [0.2, 0.25) is 5.91 Å². The van der Waals surface area contributed by atoms with Gasteiger partial charge in [0.15, 0.2) is 17.1 Å². The fraction of sp³-hybridized carbons (Fsp3) is 0.300. The van der Waals surface area contributed by atoms with Crippen molar-refractivity contribution in [2.75, 3.05) is 18.5 Å². The predicted molar refractivity (Wildman–Crippen MR) is 99.9 cm³/mol. The van der Waals surface area contributed by atoms with Crippen LogP contribution in [0.2, 0.25) is 0 Å². The zero-order valence-corrected chi connectivity index (χ0v) is 15.2. The van der Waals surface area contributed by atoms with Crippen LogP contribution in [0.5, 0.6) is 11.5 Å². The molecule has 0 saturated carbocycles. The average molecular weight is 354 g/mol. The van der Waals surface area contributed by atoms with Crippen molar-refractivity contribution in [2.45, 2.75) is 27.2 Å². The van der Waals surface area contributed by atoms with Gasteiger partial charge in [0.25, 0.3) is 0 Å². The Morgan fingerprint density at radius 1 is 1.15 bits per heavy atom. The predicted octanol–water partition coefficient (Wildman–Crippen LogP) is 4.11. The maximum atomic E-state index is 12.4. The van der Waals surface area contributed by atoms with Crippen LogP contribution >= 0.6 is 0 Å². The molecule has 0 spiro atoms. The van der Waals surface area contributed by atoms with Crippen molar-refractivity contribution in [1.82, 2.24) is 4.98 Å². The molecule has 0 radical (unpaired) electrons. The average Bonchev–Trinajstić information content (AvgIpc) is 2.99. The van der Waals surface area contributed by atoms with E-state index in [1.165, 1.54) is 0 Å². The Morgan fingerprint density at radius 3 is 2.73 bits per heavy atom. The molecule has 1 heterocycles. The highest BCUT2D eigenvalue weighted by Crippen LogP contribution is 2.32. The Kier molecular flexibility index (Phi) is 5.41. The molecule has 0 aliphatic heterocycles. The van der Waals surface area contributed by atoms with Crippen molar-refractivity contribution in [3.63, 3.8) is 0 Å². The van der Waals surface area contributed by atoms with E-state index >= 15 is 0 Å². The lowest BCUT2D eigenvalue weighted by Crippen LogP contribution is -2.15. The highest BCUT2D eigenvalue weighted by Gasteiger charge is 2.16. The number of fused-ring (bicyclic) bond motifs is 1. The van der Waals surface area contributed by atoms with E-state index in [0.29, 0.717) is 35.8 Å². The van der Waals surface area contributed by atoms with Crippen molar-refractivity contribution < 1.29 is 18.7 Å². The molecular formula is C20H22N2O4. The molecular weight excluding hydrogens is 332 g/mol. The van der Waals surface area contributed by atoms with Gasteiger partial charge in [0.05, 0.1) is 19.6 Å². The van der Waals surface area contributed by atoms with Gasteiger partial charge in [-0.15, -0.1) is 0 Å². The van der Waals surface area contributed by atoms with Gasteiger partial charge in [-0.3, -0.25) is 10.1 Å². The summed E-state index contributed by atoms with van der Waals surface area (Å²) >= 11 is 0. The van der Waals surface area contributed by atoms with Crippen LogP contribution < -0.4 is 14.8 Å². The zero-order valence-electron chi connectivity index (χ0n) is 15.2. The molecule has 0 aliphatic rings. The van der Waals surface area contributed by atoms with Crippen LogP contribution in [0.4, 0.5) is 6.01 Å². The largest absolute Gasteiger partial charge is 0.490 e. The summed E-state index contributed by atoms with van der Waals surface area (Å²) in [5.41, 5.74) is 3.18. The molecule has 136 valence electrons. The summed E-state index contributed by atoms with van der Waals surface area (Å²) in [7, 11) is 0. The Balaban J connectivity index is 1.77. The van der Waals surface area contributed by atoms with Crippen LogP contribution in [0, 0.1) is 6.92 Å². The third kappa shape index (κ3) is 3.96. The third-order valence-corrected chi connectivity index (χ3v) is 3.79. The Morgan fingerprint density at radius 2 is 1.96 bits per heavy atom. The number of ether oxygens (including phenoxy) is 2. The van der Waals surface area contributed by atoms with Crippen LogP contribution in [0.1, 0.15) is 25.0 Å². The molecule has 26 heavy (non-hydrogen) atoms. The quantitative estimate of drug-likeness (QED) is 0.691. The van der Waals surface area contributed by atoms with E-state index in [4.69, 9.17) is 13.9 Å². The standard InChI is InChI=1S/C20H22N2O4/c1-4-24-16-8-6-7-14(19(16)25-5-2)12-18(23)22-20-21-15-10-9-13(3)11-17(15)26-20/h6-11H,4-5,12H2,1-3H3,(H,21,22,23). The van der Waals surface area contributed by atoms with Crippen molar-refractivity contribution >= 4 is 23.0 Å². The molecule has 0 bridgehead atoms. The summed E-state index contributed by atoms with van der Waals surface area (Å²) in [6.45, 7) is 6.79. The van der Waals surface area contributed by atoms with E-state index in [0.717, 1.165) is 11.1 Å². The minimum Gasteiger partial charge on any atom is -0.490 e. The van der Waals surface area contributed by atoms with Crippen LogP contribution in [0.3, 0.4) is 0 Å². The van der Waals surface area contributed by atoms with Crippen molar-refractivity contribution in [3.8, 4) is 11.5 Å². The maximum absolute atomic E-state index is 12.4. The lowest BCUT2D eigenvalue weighted by Gasteiger charge is -2.14. The minimum atomic E-state index is -0.233. The first-order valence-electron chi connectivity index (χ1n) is 8.65. The molecule has 0 fully saturated rings. The van der Waals surface area contributed by atoms with Crippen LogP contribution in [-0.4, -0.2) is 24.1 Å². The first kappa shape index (κ1) is 17.8. The van der Waals surface area contributed by atoms with Crippen LogP contribution in [-0.2, 0) is 11.2 Å². The molecule has 0 unspecified atom stereocenters. The summed E-state index contributed by atoms with van der Waals surface area (Å²) in [5.74, 6) is 1.00. The van der Waals surface area contributed by atoms with Gasteiger partial charge < -0.3 is 13.9 Å². The second-order valence-corrected chi connectivity index (χ2v) is 5.83. The summed E-state index contributed by atoms with van der Waals surface area (Å²) in [4.78, 5) is 16.7. The number of hydrogen-bond donors (Lipinski definition) is 1. The number of rotatable bonds is 7. The SMILES string of the molecule is CCOc1cccc(CC(=O)Nc2nc3ccc(C)cc3o2)c1OCC. The smallest absolute Gasteiger partial charge is 0.302 e. The van der Waals surface area contributed by atoms with Gasteiger partial charge in [-0.05, 0) is 44.5 Å². The second kappa shape index (κ2) is 7.91. The number of oxazole rings is 1. The summed E-state index contributed by atoms with van der Waals surface area (Å²) in [6.07, 6.45) is 0.133. The number of para-hydroxylation sites is 1. The fourth-order valence-corrected chi connectivity index (χ4v) is 2.70.